The summed E-state index contributed by atoms with van der Waals surface area (Å²) in [7, 11) is 0. The van der Waals surface area contributed by atoms with E-state index >= 15 is 0 Å². The van der Waals surface area contributed by atoms with Gasteiger partial charge >= 0.3 is 5.95 Å². The lowest BCUT2D eigenvalue weighted by Gasteiger charge is -2.48. The van der Waals surface area contributed by atoms with Gasteiger partial charge in [-0.2, -0.15) is 0 Å². The molecule has 4 heteroatoms. The Labute approximate surface area is 152 Å². The smallest absolute Gasteiger partial charge is 0.312 e. The van der Waals surface area contributed by atoms with E-state index in [-0.39, 0.29) is 5.95 Å². The Morgan fingerprint density at radius 3 is 2.85 bits per heavy atom. The van der Waals surface area contributed by atoms with Crippen molar-refractivity contribution in [3.05, 3.63) is 47.8 Å². The van der Waals surface area contributed by atoms with Crippen LogP contribution in [-0.2, 0) is 0 Å². The van der Waals surface area contributed by atoms with E-state index < -0.39 is 0 Å². The van der Waals surface area contributed by atoms with Crippen molar-refractivity contribution < 1.29 is 9.52 Å². The molecule has 5 atom stereocenters. The van der Waals surface area contributed by atoms with Gasteiger partial charge in [-0.3, -0.25) is 4.99 Å². The van der Waals surface area contributed by atoms with E-state index in [1.165, 1.54) is 37.8 Å². The Balaban J connectivity index is 1.30. The Hall–Kier alpha value is -2.36. The SMILES string of the molecule is Oc1oc(-c2ccccc2)nc1C=NC1=CC2CC3CC4CC1CC34C2. The second-order valence-electron chi connectivity index (χ2n) is 8.62. The quantitative estimate of drug-likeness (QED) is 0.812. The Kier molecular flexibility index (Phi) is 2.89. The third-order valence-corrected chi connectivity index (χ3v) is 7.44. The van der Waals surface area contributed by atoms with Crippen LogP contribution in [0.1, 0.15) is 37.8 Å². The molecule has 1 spiro atoms. The van der Waals surface area contributed by atoms with E-state index in [0.717, 1.165) is 17.4 Å². The number of nitrogens with zero attached hydrogens (tertiary/aromatic N) is 2. The highest BCUT2D eigenvalue weighted by Crippen LogP contribution is 2.73. The third-order valence-electron chi connectivity index (χ3n) is 7.44. The van der Waals surface area contributed by atoms with Gasteiger partial charge in [0.1, 0.15) is 0 Å². The number of allylic oxidation sites excluding steroid dienone is 2. The van der Waals surface area contributed by atoms with Gasteiger partial charge in [0.25, 0.3) is 0 Å². The molecule has 0 saturated heterocycles. The minimum atomic E-state index is -0.159. The summed E-state index contributed by atoms with van der Waals surface area (Å²) >= 11 is 0. The Morgan fingerprint density at radius 1 is 1.12 bits per heavy atom. The first kappa shape index (κ1) is 14.8. The van der Waals surface area contributed by atoms with Crippen molar-refractivity contribution in [1.82, 2.24) is 4.98 Å². The Bertz CT molecular complexity index is 929. The highest BCUT2D eigenvalue weighted by atomic mass is 16.5. The molecule has 2 aromatic rings. The minimum absolute atomic E-state index is 0.159. The number of oxazole rings is 1. The van der Waals surface area contributed by atoms with Gasteiger partial charge in [-0.15, -0.1) is 0 Å². The minimum Gasteiger partial charge on any atom is -0.479 e. The first-order chi connectivity index (χ1) is 12.7. The fourth-order valence-corrected chi connectivity index (χ4v) is 6.35. The summed E-state index contributed by atoms with van der Waals surface area (Å²) in [4.78, 5) is 9.21. The van der Waals surface area contributed by atoms with Crippen molar-refractivity contribution >= 4 is 6.21 Å². The molecule has 0 aliphatic heterocycles. The highest BCUT2D eigenvalue weighted by molar-refractivity contribution is 5.81. The molecule has 4 aliphatic rings. The molecule has 0 amide bonds. The number of aromatic hydroxyl groups is 1. The lowest BCUT2D eigenvalue weighted by Crippen LogP contribution is -2.41. The van der Waals surface area contributed by atoms with E-state index in [0.29, 0.717) is 28.8 Å². The van der Waals surface area contributed by atoms with Crippen molar-refractivity contribution in [3.63, 3.8) is 0 Å². The Morgan fingerprint density at radius 2 is 1.96 bits per heavy atom. The van der Waals surface area contributed by atoms with E-state index in [1.54, 1.807) is 6.21 Å². The van der Waals surface area contributed by atoms with Gasteiger partial charge < -0.3 is 9.52 Å². The molecule has 3 fully saturated rings. The number of fused-ring (bicyclic) bond motifs is 2. The first-order valence-electron chi connectivity index (χ1n) is 9.72. The van der Waals surface area contributed by atoms with Crippen LogP contribution in [0, 0.1) is 29.1 Å². The van der Waals surface area contributed by atoms with Gasteiger partial charge in [0.05, 0.1) is 6.21 Å². The summed E-state index contributed by atoms with van der Waals surface area (Å²) in [5, 5.41) is 10.1. The summed E-state index contributed by atoms with van der Waals surface area (Å²) in [6.07, 6.45) is 10.9. The number of aliphatic imine (C=N–C) groups is 1. The van der Waals surface area contributed by atoms with E-state index in [2.05, 4.69) is 11.1 Å². The molecule has 1 aromatic heterocycles. The molecule has 1 N–H and O–H groups in total. The van der Waals surface area contributed by atoms with Crippen molar-refractivity contribution in [3.8, 4) is 17.4 Å². The van der Waals surface area contributed by atoms with Crippen LogP contribution in [0.25, 0.3) is 11.5 Å². The third kappa shape index (κ3) is 1.96. The maximum atomic E-state index is 10.1. The summed E-state index contributed by atoms with van der Waals surface area (Å²) < 4.78 is 5.43. The molecular formula is C22H22N2O2. The molecule has 3 bridgehead atoms. The zero-order chi connectivity index (χ0) is 17.3. The van der Waals surface area contributed by atoms with E-state index in [1.807, 2.05) is 30.3 Å². The first-order valence-corrected chi connectivity index (χ1v) is 9.72. The van der Waals surface area contributed by atoms with Crippen molar-refractivity contribution in [2.45, 2.75) is 32.1 Å². The molecular weight excluding hydrogens is 324 g/mol. The molecule has 4 aliphatic carbocycles. The van der Waals surface area contributed by atoms with Crippen LogP contribution < -0.4 is 0 Å². The van der Waals surface area contributed by atoms with Gasteiger partial charge in [-0.05, 0) is 67.4 Å². The average Bonchev–Trinajstić information content (AvgIpc) is 3.22. The molecule has 0 radical (unpaired) electrons. The molecule has 1 heterocycles. The predicted molar refractivity (Wildman–Crippen MR) is 98.8 cm³/mol. The lowest BCUT2D eigenvalue weighted by molar-refractivity contribution is 0.00290. The molecule has 3 saturated carbocycles. The summed E-state index contributed by atoms with van der Waals surface area (Å²) in [5.74, 6) is 3.49. The van der Waals surface area contributed by atoms with Crippen LogP contribution >= 0.6 is 0 Å². The largest absolute Gasteiger partial charge is 0.479 e. The molecule has 26 heavy (non-hydrogen) atoms. The van der Waals surface area contributed by atoms with Crippen LogP contribution in [0.5, 0.6) is 5.95 Å². The maximum Gasteiger partial charge on any atom is 0.312 e. The van der Waals surface area contributed by atoms with Crippen LogP contribution in [-0.4, -0.2) is 16.3 Å². The number of hydrogen-bond acceptors (Lipinski definition) is 4. The monoisotopic (exact) mass is 346 g/mol. The zero-order valence-corrected chi connectivity index (χ0v) is 14.6. The fraction of sp³-hybridized carbons (Fsp3) is 0.455. The predicted octanol–water partition coefficient (Wildman–Crippen LogP) is 4.81. The summed E-state index contributed by atoms with van der Waals surface area (Å²) in [5.41, 5.74) is 3.13. The standard InChI is InChI=1S/C22H22N2O2/c25-21-19(24-20(26-21)14-4-2-1-3-5-14)12-23-18-7-13-6-16-9-17-8-15(18)11-22(16,17)10-13/h1-5,7,12-13,15-17,25H,6,8-11H2. The highest BCUT2D eigenvalue weighted by Gasteiger charge is 2.64. The second-order valence-corrected chi connectivity index (χ2v) is 8.62. The van der Waals surface area contributed by atoms with Crippen LogP contribution in [0.3, 0.4) is 0 Å². The lowest BCUT2D eigenvalue weighted by atomic mass is 9.56. The fourth-order valence-electron chi connectivity index (χ4n) is 6.35. The average molecular weight is 346 g/mol. The van der Waals surface area contributed by atoms with Gasteiger partial charge in [0, 0.05) is 17.2 Å². The van der Waals surface area contributed by atoms with Gasteiger partial charge in [-0.1, -0.05) is 24.3 Å². The van der Waals surface area contributed by atoms with E-state index in [4.69, 9.17) is 9.41 Å². The molecule has 132 valence electrons. The molecule has 4 nitrogen and oxygen atoms in total. The maximum absolute atomic E-state index is 10.1. The van der Waals surface area contributed by atoms with E-state index in [9.17, 15) is 5.11 Å². The normalized spacial score (nSPS) is 36.8. The van der Waals surface area contributed by atoms with Crippen molar-refractivity contribution in [2.24, 2.45) is 34.1 Å². The zero-order valence-electron chi connectivity index (χ0n) is 14.6. The topological polar surface area (TPSA) is 58.6 Å². The van der Waals surface area contributed by atoms with Crippen LogP contribution in [0.4, 0.5) is 0 Å². The summed E-state index contributed by atoms with van der Waals surface area (Å²) in [6.45, 7) is 0. The van der Waals surface area contributed by atoms with Crippen LogP contribution in [0.2, 0.25) is 0 Å². The van der Waals surface area contributed by atoms with Crippen LogP contribution in [0.15, 0.2) is 51.5 Å². The summed E-state index contributed by atoms with van der Waals surface area (Å²) in [6, 6.07) is 9.63. The number of benzene rings is 1. The second kappa shape index (κ2) is 5.09. The van der Waals surface area contributed by atoms with Gasteiger partial charge in [0.15, 0.2) is 5.69 Å². The van der Waals surface area contributed by atoms with Gasteiger partial charge in [-0.25, -0.2) is 4.98 Å². The number of rotatable bonds is 3. The van der Waals surface area contributed by atoms with Crippen molar-refractivity contribution in [1.29, 1.82) is 0 Å². The number of aromatic nitrogens is 1. The molecule has 1 aromatic carbocycles. The number of hydrogen-bond donors (Lipinski definition) is 1. The van der Waals surface area contributed by atoms with Gasteiger partial charge in [0.2, 0.25) is 5.89 Å². The van der Waals surface area contributed by atoms with Crippen molar-refractivity contribution in [2.75, 3.05) is 0 Å². The molecule has 5 unspecified atom stereocenters. The molecule has 6 rings (SSSR count).